The number of likely N-dealkylation sites (tertiary alicyclic amines) is 1. The van der Waals surface area contributed by atoms with Gasteiger partial charge in [-0.1, -0.05) is 118 Å². The topological polar surface area (TPSA) is 322 Å². The number of aromatic hydroxyl groups is 1. The first-order valence-electron chi connectivity index (χ1n) is 35.5. The quantitative estimate of drug-likeness (QED) is 0.112. The van der Waals surface area contributed by atoms with Gasteiger partial charge in [-0.15, -0.1) is 0 Å². The Morgan fingerprint density at radius 3 is 1.56 bits per heavy atom. The molecule has 554 valence electrons. The third kappa shape index (κ3) is 24.9. The number of likely N-dealkylation sites (N-methyl/N-ethyl adjacent to an activating group) is 6. The van der Waals surface area contributed by atoms with Crippen molar-refractivity contribution in [2.45, 2.75) is 226 Å². The van der Waals surface area contributed by atoms with Crippen molar-refractivity contribution in [1.82, 2.24) is 60.5 Å². The smallest absolute Gasteiger partial charge is 0.248 e. The number of carbonyl (C=O) groups is 11. The number of amides is 11. The second kappa shape index (κ2) is 39.9. The number of piperidine rings is 1. The molecule has 0 radical (unpaired) electrons. The normalized spacial score (nSPS) is 25.2. The molecule has 0 saturated carbocycles. The summed E-state index contributed by atoms with van der Waals surface area (Å²) in [6.45, 7) is 19.4. The Balaban J connectivity index is 1.96. The molecule has 2 aliphatic rings. The Kier molecular flexibility index (Phi) is 33.8. The second-order valence-electron chi connectivity index (χ2n) is 28.9. The lowest BCUT2D eigenvalue weighted by molar-refractivity contribution is -0.151. The summed E-state index contributed by atoms with van der Waals surface area (Å²) in [5.41, 5.74) is 1.17. The molecule has 0 bridgehead atoms. The van der Waals surface area contributed by atoms with Crippen LogP contribution in [0.2, 0.25) is 0 Å². The van der Waals surface area contributed by atoms with Crippen LogP contribution in [-0.2, 0) is 65.6 Å². The van der Waals surface area contributed by atoms with E-state index in [1.165, 1.54) is 85.8 Å². The fraction of sp³-hybridized carbons (Fsp3) is 0.685. The monoisotopic (exact) mass is 1390 g/mol. The third-order valence-corrected chi connectivity index (χ3v) is 18.8. The average molecular weight is 1390 g/mol. The van der Waals surface area contributed by atoms with Crippen molar-refractivity contribution in [2.75, 3.05) is 75.0 Å². The van der Waals surface area contributed by atoms with Gasteiger partial charge in [0.15, 0.2) is 0 Å². The van der Waals surface area contributed by atoms with Gasteiger partial charge < -0.3 is 70.5 Å². The first kappa shape index (κ1) is 83.7. The summed E-state index contributed by atoms with van der Waals surface area (Å²) < 4.78 is 0. The predicted octanol–water partition coefficient (Wildman–Crippen LogP) is 3.52. The van der Waals surface area contributed by atoms with E-state index in [1.54, 1.807) is 54.3 Å². The van der Waals surface area contributed by atoms with Crippen molar-refractivity contribution in [1.29, 1.82) is 0 Å². The minimum atomic E-state index is -1.67. The van der Waals surface area contributed by atoms with Crippen LogP contribution in [0.4, 0.5) is 0 Å². The Morgan fingerprint density at radius 2 is 1.02 bits per heavy atom. The Bertz CT molecular complexity index is 3000. The van der Waals surface area contributed by atoms with Gasteiger partial charge >= 0.3 is 0 Å². The number of aliphatic hydroxyl groups excluding tert-OH is 2. The van der Waals surface area contributed by atoms with E-state index in [2.05, 4.69) is 21.3 Å². The average Bonchev–Trinajstić information content (AvgIpc) is 0.827. The van der Waals surface area contributed by atoms with E-state index in [0.717, 1.165) is 16.2 Å². The van der Waals surface area contributed by atoms with Crippen LogP contribution in [0.25, 0.3) is 0 Å². The van der Waals surface area contributed by atoms with E-state index in [0.29, 0.717) is 49.9 Å². The molecule has 26 heteroatoms. The highest BCUT2D eigenvalue weighted by atomic mass is 16.3. The molecule has 99 heavy (non-hydrogen) atoms. The number of nitrogens with zero attached hydrogens (tertiary/aromatic N) is 8. The molecule has 11 amide bonds. The summed E-state index contributed by atoms with van der Waals surface area (Å²) in [5, 5.41) is 45.6. The summed E-state index contributed by atoms with van der Waals surface area (Å²) >= 11 is 0. The van der Waals surface area contributed by atoms with Crippen LogP contribution >= 0.6 is 0 Å². The number of nitrogens with one attached hydrogen (secondary N) is 4. The number of phenols is 1. The van der Waals surface area contributed by atoms with Gasteiger partial charge in [0.1, 0.15) is 54.3 Å². The zero-order chi connectivity index (χ0) is 74.3. The molecule has 0 aromatic heterocycles. The van der Waals surface area contributed by atoms with Crippen LogP contribution in [0.5, 0.6) is 5.75 Å². The highest BCUT2D eigenvalue weighted by Crippen LogP contribution is 2.24. The van der Waals surface area contributed by atoms with Crippen LogP contribution in [0.3, 0.4) is 0 Å². The summed E-state index contributed by atoms with van der Waals surface area (Å²) in [6.07, 6.45) is -0.177. The van der Waals surface area contributed by atoms with E-state index < -0.39 is 151 Å². The van der Waals surface area contributed by atoms with Crippen molar-refractivity contribution >= 4 is 65.0 Å². The number of carbonyl (C=O) groups excluding carboxylic acids is 11. The minimum Gasteiger partial charge on any atom is -0.508 e. The van der Waals surface area contributed by atoms with Crippen molar-refractivity contribution < 1.29 is 68.1 Å². The molecule has 2 aliphatic heterocycles. The van der Waals surface area contributed by atoms with Gasteiger partial charge in [-0.05, 0) is 112 Å². The van der Waals surface area contributed by atoms with Crippen LogP contribution in [0, 0.1) is 23.7 Å². The van der Waals surface area contributed by atoms with Crippen LogP contribution in [0.1, 0.15) is 158 Å². The lowest BCUT2D eigenvalue weighted by Crippen LogP contribution is -2.62. The standard InChI is InChI=1S/C73H118N12O14/c1-18-20-33-85-44-63(90)80(14)60(41-50-27-23-21-24-28-50)72(98)83(17)59(39-48(9)10)68(94)74-53(36-45(3)4)69(95)82(16)58(38-47(7)8)67(93)76-55(71(97)84-34-25-22-26-35-84)42-61(88)78(12)43-62(89)79(13)57(37-46(5)6)66(92)75-54(40-51-29-31-52(87)32-30-51)70(96)81(15)56(19-2)65(91)77-64(49(11)86)73(85)99/h21,23-24,27-32,45-49,53-60,64,67,76,86-87,93H,18-20,22,25-26,33-44H2,1-17H3,(H,74,94)(H,75,92)(H,77,91)/t49?,53-,54-,55-,56-,57-,58-,59-,60-,64-,67?/m0/s1. The van der Waals surface area contributed by atoms with E-state index >= 15 is 19.2 Å². The van der Waals surface area contributed by atoms with Gasteiger partial charge in [-0.2, -0.15) is 0 Å². The van der Waals surface area contributed by atoms with Gasteiger partial charge in [0.05, 0.1) is 37.7 Å². The fourth-order valence-corrected chi connectivity index (χ4v) is 12.8. The third-order valence-electron chi connectivity index (χ3n) is 18.8. The first-order chi connectivity index (χ1) is 46.5. The molecule has 2 fully saturated rings. The number of hydrogen-bond acceptors (Lipinski definition) is 15. The molecule has 2 heterocycles. The SMILES string of the molecule is CCCCN1CC(=O)N(C)[C@@H](Cc2ccccc2)C(=O)N(C)[C@@H](CC(C)C)C(=O)N[C@@H](CC(C)C)C(=O)N(C)[C@@H](CC(C)C)C(O)N[C@H](C(=O)N2CCCCC2)CC(=O)N(C)CC(=O)N(C)[C@@H](CC(C)C)C(=O)N[C@@H](Cc2ccc(O)cc2)C(=O)N(C)[C@@H](CC)C(=O)N[C@@H](C(C)O)C1=O. The lowest BCUT2D eigenvalue weighted by Gasteiger charge is -2.39. The number of phenolic OH excluding ortho intramolecular Hbond substituents is 1. The van der Waals surface area contributed by atoms with E-state index in [1.807, 2.05) is 62.3 Å². The number of benzene rings is 2. The number of aliphatic hydroxyl groups is 2. The van der Waals surface area contributed by atoms with Gasteiger partial charge in [0.25, 0.3) is 0 Å². The molecule has 2 aromatic rings. The Morgan fingerprint density at radius 1 is 0.525 bits per heavy atom. The number of hydrogen-bond donors (Lipinski definition) is 7. The highest BCUT2D eigenvalue weighted by molar-refractivity contribution is 5.98. The summed E-state index contributed by atoms with van der Waals surface area (Å²) in [7, 11) is 8.52. The van der Waals surface area contributed by atoms with E-state index in [4.69, 9.17) is 0 Å². The molecule has 2 unspecified atom stereocenters. The number of rotatable bonds is 18. The summed E-state index contributed by atoms with van der Waals surface area (Å²) in [5.74, 6) is -8.35. The molecule has 7 N–H and O–H groups in total. The number of unbranched alkanes of at least 4 members (excludes halogenated alkanes) is 1. The molecule has 0 spiro atoms. The minimum absolute atomic E-state index is 0.0123. The van der Waals surface area contributed by atoms with Crippen molar-refractivity contribution in [3.05, 3.63) is 65.7 Å². The molecular weight excluding hydrogens is 1270 g/mol. The summed E-state index contributed by atoms with van der Waals surface area (Å²) in [4.78, 5) is 174. The molecule has 26 nitrogen and oxygen atoms in total. The lowest BCUT2D eigenvalue weighted by atomic mass is 9.96. The zero-order valence-corrected chi connectivity index (χ0v) is 62.0. The predicted molar refractivity (Wildman–Crippen MR) is 377 cm³/mol. The highest BCUT2D eigenvalue weighted by Gasteiger charge is 2.43. The van der Waals surface area contributed by atoms with Crippen LogP contribution in [-0.4, -0.2) is 261 Å². The van der Waals surface area contributed by atoms with Gasteiger partial charge in [0, 0.05) is 74.8 Å². The maximum Gasteiger partial charge on any atom is 0.248 e. The fourth-order valence-electron chi connectivity index (χ4n) is 12.8. The van der Waals surface area contributed by atoms with Crippen LogP contribution in [0.15, 0.2) is 54.6 Å². The second-order valence-corrected chi connectivity index (χ2v) is 28.9. The maximum atomic E-state index is 15.4. The van der Waals surface area contributed by atoms with Gasteiger partial charge in [0.2, 0.25) is 65.0 Å². The van der Waals surface area contributed by atoms with E-state index in [9.17, 15) is 48.9 Å². The molecule has 11 atom stereocenters. The van der Waals surface area contributed by atoms with Gasteiger partial charge in [-0.3, -0.25) is 58.1 Å². The largest absolute Gasteiger partial charge is 0.508 e. The summed E-state index contributed by atoms with van der Waals surface area (Å²) in [6, 6.07) is 3.14. The van der Waals surface area contributed by atoms with Crippen molar-refractivity contribution in [3.8, 4) is 5.75 Å². The van der Waals surface area contributed by atoms with Crippen LogP contribution < -0.4 is 21.3 Å². The first-order valence-corrected chi connectivity index (χ1v) is 35.5. The zero-order valence-electron chi connectivity index (χ0n) is 62.0. The van der Waals surface area contributed by atoms with Crippen molar-refractivity contribution in [3.63, 3.8) is 0 Å². The molecule has 2 aromatic carbocycles. The molecule has 4 rings (SSSR count). The van der Waals surface area contributed by atoms with E-state index in [-0.39, 0.29) is 80.9 Å². The Hall–Kier alpha value is -7.71. The Labute approximate surface area is 587 Å². The van der Waals surface area contributed by atoms with Crippen molar-refractivity contribution in [2.24, 2.45) is 23.7 Å². The molecule has 0 aliphatic carbocycles. The molecule has 2 saturated heterocycles. The molecular formula is C73H118N12O14. The maximum absolute atomic E-state index is 15.4. The van der Waals surface area contributed by atoms with Gasteiger partial charge in [-0.25, -0.2) is 0 Å².